The van der Waals surface area contributed by atoms with E-state index < -0.39 is 5.91 Å². The molecule has 5 N–H and O–H groups in total. The maximum absolute atomic E-state index is 10.7. The van der Waals surface area contributed by atoms with Gasteiger partial charge in [-0.25, -0.2) is 0 Å². The standard InChI is InChI=1S/C9H12N2O3/c10-3-4-14-6-1-2-7(9(11)13)8(12)5-6/h1-2,5,12H,3-4,10H2,(H2,11,13). The molecular formula is C9H12N2O3. The molecule has 5 nitrogen and oxygen atoms in total. The summed E-state index contributed by atoms with van der Waals surface area (Å²) in [5, 5.41) is 9.35. The lowest BCUT2D eigenvalue weighted by atomic mass is 10.2. The number of aromatic hydroxyl groups is 1. The lowest BCUT2D eigenvalue weighted by molar-refractivity contribution is 0.0997. The van der Waals surface area contributed by atoms with E-state index in [1.807, 2.05) is 0 Å². The Labute approximate surface area is 81.3 Å². The van der Waals surface area contributed by atoms with Crippen LogP contribution in [0.25, 0.3) is 0 Å². The highest BCUT2D eigenvalue weighted by Crippen LogP contribution is 2.22. The van der Waals surface area contributed by atoms with Crippen molar-refractivity contribution < 1.29 is 14.6 Å². The topological polar surface area (TPSA) is 98.6 Å². The average molecular weight is 196 g/mol. The first-order valence-corrected chi connectivity index (χ1v) is 4.11. The minimum atomic E-state index is -0.673. The monoisotopic (exact) mass is 196 g/mol. The third-order valence-electron chi connectivity index (χ3n) is 1.62. The third kappa shape index (κ3) is 2.37. The summed E-state index contributed by atoms with van der Waals surface area (Å²) in [4.78, 5) is 10.7. The Morgan fingerprint density at radius 3 is 2.71 bits per heavy atom. The van der Waals surface area contributed by atoms with E-state index in [2.05, 4.69) is 0 Å². The predicted octanol–water partition coefficient (Wildman–Crippen LogP) is -0.171. The second-order valence-electron chi connectivity index (χ2n) is 2.68. The number of hydrogen-bond donors (Lipinski definition) is 3. The molecule has 0 aliphatic carbocycles. The van der Waals surface area contributed by atoms with Crippen molar-refractivity contribution in [2.24, 2.45) is 11.5 Å². The number of hydrogen-bond acceptors (Lipinski definition) is 4. The summed E-state index contributed by atoms with van der Waals surface area (Å²) in [5.74, 6) is -0.405. The molecule has 14 heavy (non-hydrogen) atoms. The summed E-state index contributed by atoms with van der Waals surface area (Å²) < 4.78 is 5.13. The number of ether oxygens (including phenoxy) is 1. The third-order valence-corrected chi connectivity index (χ3v) is 1.62. The number of benzene rings is 1. The number of nitrogens with two attached hydrogens (primary N) is 2. The largest absolute Gasteiger partial charge is 0.507 e. The van der Waals surface area contributed by atoms with Gasteiger partial charge >= 0.3 is 0 Å². The number of carbonyl (C=O) groups is 1. The molecule has 0 spiro atoms. The van der Waals surface area contributed by atoms with Crippen molar-refractivity contribution >= 4 is 5.91 Å². The highest BCUT2D eigenvalue weighted by Gasteiger charge is 2.07. The van der Waals surface area contributed by atoms with Gasteiger partial charge in [-0.05, 0) is 12.1 Å². The van der Waals surface area contributed by atoms with Crippen LogP contribution in [0.1, 0.15) is 10.4 Å². The van der Waals surface area contributed by atoms with Crippen molar-refractivity contribution in [3.63, 3.8) is 0 Å². The SMILES string of the molecule is NCCOc1ccc(C(N)=O)c(O)c1. The first-order valence-electron chi connectivity index (χ1n) is 4.11. The van der Waals surface area contributed by atoms with Gasteiger partial charge < -0.3 is 21.3 Å². The molecule has 0 bridgehead atoms. The molecular weight excluding hydrogens is 184 g/mol. The summed E-state index contributed by atoms with van der Waals surface area (Å²) in [6, 6.07) is 4.29. The highest BCUT2D eigenvalue weighted by atomic mass is 16.5. The van der Waals surface area contributed by atoms with Crippen molar-refractivity contribution in [2.75, 3.05) is 13.2 Å². The van der Waals surface area contributed by atoms with Crippen LogP contribution in [-0.2, 0) is 0 Å². The van der Waals surface area contributed by atoms with Crippen LogP contribution in [-0.4, -0.2) is 24.2 Å². The van der Waals surface area contributed by atoms with Gasteiger partial charge in [0.2, 0.25) is 0 Å². The predicted molar refractivity (Wildman–Crippen MR) is 51.2 cm³/mol. The molecule has 0 fully saturated rings. The van der Waals surface area contributed by atoms with Crippen LogP contribution < -0.4 is 16.2 Å². The molecule has 1 amide bonds. The Balaban J connectivity index is 2.83. The Morgan fingerprint density at radius 1 is 1.50 bits per heavy atom. The molecule has 0 aromatic heterocycles. The van der Waals surface area contributed by atoms with Crippen molar-refractivity contribution in [3.8, 4) is 11.5 Å². The van der Waals surface area contributed by atoms with Crippen LogP contribution in [0.5, 0.6) is 11.5 Å². The maximum Gasteiger partial charge on any atom is 0.252 e. The molecule has 5 heteroatoms. The highest BCUT2D eigenvalue weighted by molar-refractivity contribution is 5.95. The number of carbonyl (C=O) groups excluding carboxylic acids is 1. The molecule has 0 atom stereocenters. The minimum Gasteiger partial charge on any atom is -0.507 e. The quantitative estimate of drug-likeness (QED) is 0.622. The van der Waals surface area contributed by atoms with E-state index in [9.17, 15) is 9.90 Å². The van der Waals surface area contributed by atoms with Crippen LogP contribution >= 0.6 is 0 Å². The zero-order valence-corrected chi connectivity index (χ0v) is 7.56. The lowest BCUT2D eigenvalue weighted by Gasteiger charge is -2.06. The van der Waals surface area contributed by atoms with E-state index in [1.54, 1.807) is 6.07 Å². The summed E-state index contributed by atoms with van der Waals surface area (Å²) in [6.45, 7) is 0.744. The normalized spacial score (nSPS) is 9.79. The molecule has 0 unspecified atom stereocenters. The van der Waals surface area contributed by atoms with Gasteiger partial charge in [0.15, 0.2) is 0 Å². The molecule has 1 aromatic rings. The van der Waals surface area contributed by atoms with E-state index >= 15 is 0 Å². The Morgan fingerprint density at radius 2 is 2.21 bits per heavy atom. The zero-order valence-electron chi connectivity index (χ0n) is 7.56. The second kappa shape index (κ2) is 4.48. The van der Waals surface area contributed by atoms with Crippen molar-refractivity contribution in [2.45, 2.75) is 0 Å². The number of phenols is 1. The summed E-state index contributed by atoms with van der Waals surface area (Å²) in [6.07, 6.45) is 0. The van der Waals surface area contributed by atoms with Crippen molar-refractivity contribution in [3.05, 3.63) is 23.8 Å². The van der Waals surface area contributed by atoms with Gasteiger partial charge in [0, 0.05) is 12.6 Å². The Hall–Kier alpha value is -1.75. The van der Waals surface area contributed by atoms with Crippen LogP contribution in [0.4, 0.5) is 0 Å². The van der Waals surface area contributed by atoms with Gasteiger partial charge in [-0.3, -0.25) is 4.79 Å². The molecule has 1 rings (SSSR count). The van der Waals surface area contributed by atoms with E-state index in [1.165, 1.54) is 12.1 Å². The van der Waals surface area contributed by atoms with Crippen LogP contribution in [0.3, 0.4) is 0 Å². The average Bonchev–Trinajstić information content (AvgIpc) is 2.14. The molecule has 76 valence electrons. The Bertz CT molecular complexity index is 339. The fourth-order valence-electron chi connectivity index (χ4n) is 0.986. The summed E-state index contributed by atoms with van der Waals surface area (Å²) in [7, 11) is 0. The van der Waals surface area contributed by atoms with Gasteiger partial charge in [-0.15, -0.1) is 0 Å². The smallest absolute Gasteiger partial charge is 0.252 e. The van der Waals surface area contributed by atoms with E-state index in [-0.39, 0.29) is 11.3 Å². The van der Waals surface area contributed by atoms with E-state index in [4.69, 9.17) is 16.2 Å². The maximum atomic E-state index is 10.7. The van der Waals surface area contributed by atoms with Gasteiger partial charge in [0.25, 0.3) is 5.91 Å². The van der Waals surface area contributed by atoms with Crippen LogP contribution in [0, 0.1) is 0 Å². The second-order valence-corrected chi connectivity index (χ2v) is 2.68. The molecule has 0 radical (unpaired) electrons. The van der Waals surface area contributed by atoms with Crippen LogP contribution in [0.2, 0.25) is 0 Å². The molecule has 0 heterocycles. The fourth-order valence-corrected chi connectivity index (χ4v) is 0.986. The van der Waals surface area contributed by atoms with Gasteiger partial charge in [0.05, 0.1) is 5.56 Å². The number of amides is 1. The summed E-state index contributed by atoms with van der Waals surface area (Å²) in [5.41, 5.74) is 10.3. The molecule has 0 saturated carbocycles. The molecule has 0 saturated heterocycles. The zero-order chi connectivity index (χ0) is 10.6. The number of rotatable bonds is 4. The van der Waals surface area contributed by atoms with Gasteiger partial charge in [-0.2, -0.15) is 0 Å². The van der Waals surface area contributed by atoms with E-state index in [0.717, 1.165) is 0 Å². The molecule has 0 aliphatic heterocycles. The fraction of sp³-hybridized carbons (Fsp3) is 0.222. The molecule has 0 aliphatic rings. The summed E-state index contributed by atoms with van der Waals surface area (Å²) >= 11 is 0. The first-order chi connectivity index (χ1) is 6.65. The van der Waals surface area contributed by atoms with E-state index in [0.29, 0.717) is 18.9 Å². The first kappa shape index (κ1) is 10.3. The van der Waals surface area contributed by atoms with Gasteiger partial charge in [-0.1, -0.05) is 0 Å². The van der Waals surface area contributed by atoms with Crippen LogP contribution in [0.15, 0.2) is 18.2 Å². The number of primary amides is 1. The van der Waals surface area contributed by atoms with Gasteiger partial charge in [0.1, 0.15) is 18.1 Å². The molecule has 1 aromatic carbocycles. The van der Waals surface area contributed by atoms with Crippen molar-refractivity contribution in [1.29, 1.82) is 0 Å². The lowest BCUT2D eigenvalue weighted by Crippen LogP contribution is -2.12. The Kier molecular flexibility index (Phi) is 3.30. The minimum absolute atomic E-state index is 0.0742. The van der Waals surface area contributed by atoms with Crippen molar-refractivity contribution in [1.82, 2.24) is 0 Å².